The minimum atomic E-state index is -0.120. The van der Waals surface area contributed by atoms with Gasteiger partial charge in [0.1, 0.15) is 5.76 Å². The van der Waals surface area contributed by atoms with E-state index in [1.807, 2.05) is 24.8 Å². The fraction of sp³-hybridized carbons (Fsp3) is 0.438. The molecule has 0 bridgehead atoms. The zero-order chi connectivity index (χ0) is 16.2. The molecule has 3 heterocycles. The van der Waals surface area contributed by atoms with Crippen molar-refractivity contribution in [2.75, 3.05) is 31.1 Å². The fourth-order valence-corrected chi connectivity index (χ4v) is 3.55. The second kappa shape index (κ2) is 7.04. The molecule has 2 aromatic rings. The lowest BCUT2D eigenvalue weighted by Gasteiger charge is -2.35. The third-order valence-electron chi connectivity index (χ3n) is 3.89. The van der Waals surface area contributed by atoms with Crippen molar-refractivity contribution >= 4 is 23.6 Å². The van der Waals surface area contributed by atoms with E-state index in [-0.39, 0.29) is 11.2 Å². The number of carbonyl (C=O) groups is 1. The van der Waals surface area contributed by atoms with Crippen molar-refractivity contribution in [2.45, 2.75) is 24.0 Å². The van der Waals surface area contributed by atoms with Crippen molar-refractivity contribution in [3.8, 4) is 0 Å². The quantitative estimate of drug-likeness (QED) is 0.800. The van der Waals surface area contributed by atoms with Crippen LogP contribution in [0.4, 0.5) is 5.95 Å². The van der Waals surface area contributed by atoms with Gasteiger partial charge in [0.15, 0.2) is 0 Å². The molecule has 3 rings (SSSR count). The summed E-state index contributed by atoms with van der Waals surface area (Å²) < 4.78 is 5.29. The number of furan rings is 1. The average Bonchev–Trinajstić information content (AvgIpc) is 3.00. The van der Waals surface area contributed by atoms with Gasteiger partial charge in [0.05, 0.1) is 11.5 Å². The summed E-state index contributed by atoms with van der Waals surface area (Å²) in [4.78, 5) is 26.2. The Labute approximate surface area is 139 Å². The molecule has 1 atom stereocenters. The molecule has 122 valence electrons. The monoisotopic (exact) mass is 332 g/mol. The molecule has 23 heavy (non-hydrogen) atoms. The first kappa shape index (κ1) is 15.9. The summed E-state index contributed by atoms with van der Waals surface area (Å²) in [6.45, 7) is 6.79. The number of nitrogens with zero attached hydrogens (tertiary/aromatic N) is 4. The van der Waals surface area contributed by atoms with Gasteiger partial charge in [-0.05, 0) is 26.0 Å². The van der Waals surface area contributed by atoms with E-state index in [0.717, 1.165) is 29.7 Å². The van der Waals surface area contributed by atoms with E-state index in [1.54, 1.807) is 36.5 Å². The Balaban J connectivity index is 1.55. The SMILES string of the molecule is Cc1occc1S[C@H](C)C(=O)N1CCN(c2ncccn2)CC1. The number of hydrogen-bond donors (Lipinski definition) is 0. The Morgan fingerprint density at radius 2 is 1.96 bits per heavy atom. The highest BCUT2D eigenvalue weighted by Gasteiger charge is 2.26. The number of carbonyl (C=O) groups excluding carboxylic acids is 1. The third-order valence-corrected chi connectivity index (χ3v) is 5.12. The first-order chi connectivity index (χ1) is 11.1. The van der Waals surface area contributed by atoms with Gasteiger partial charge in [-0.2, -0.15) is 0 Å². The summed E-state index contributed by atoms with van der Waals surface area (Å²) >= 11 is 1.55. The van der Waals surface area contributed by atoms with Crippen LogP contribution in [0.3, 0.4) is 0 Å². The van der Waals surface area contributed by atoms with E-state index in [9.17, 15) is 4.79 Å². The largest absolute Gasteiger partial charge is 0.468 e. The zero-order valence-electron chi connectivity index (χ0n) is 13.3. The van der Waals surface area contributed by atoms with Gasteiger partial charge in [-0.1, -0.05) is 0 Å². The molecule has 1 saturated heterocycles. The molecule has 6 nitrogen and oxygen atoms in total. The number of anilines is 1. The zero-order valence-corrected chi connectivity index (χ0v) is 14.1. The van der Waals surface area contributed by atoms with Crippen LogP contribution < -0.4 is 4.90 Å². The number of thioether (sulfide) groups is 1. The van der Waals surface area contributed by atoms with Crippen molar-refractivity contribution in [1.29, 1.82) is 0 Å². The average molecular weight is 332 g/mol. The minimum absolute atomic E-state index is 0.120. The van der Waals surface area contributed by atoms with Crippen LogP contribution >= 0.6 is 11.8 Å². The predicted molar refractivity (Wildman–Crippen MR) is 89.6 cm³/mol. The van der Waals surface area contributed by atoms with E-state index >= 15 is 0 Å². The summed E-state index contributed by atoms with van der Waals surface area (Å²) in [6.07, 6.45) is 5.14. The van der Waals surface area contributed by atoms with Crippen LogP contribution in [0.2, 0.25) is 0 Å². The number of amides is 1. The van der Waals surface area contributed by atoms with Crippen LogP contribution in [0.25, 0.3) is 0 Å². The highest BCUT2D eigenvalue weighted by molar-refractivity contribution is 8.00. The summed E-state index contributed by atoms with van der Waals surface area (Å²) in [5.41, 5.74) is 0. The highest BCUT2D eigenvalue weighted by atomic mass is 32.2. The lowest BCUT2D eigenvalue weighted by Crippen LogP contribution is -2.51. The van der Waals surface area contributed by atoms with E-state index < -0.39 is 0 Å². The Morgan fingerprint density at radius 1 is 1.26 bits per heavy atom. The molecule has 0 aliphatic carbocycles. The molecule has 0 aromatic carbocycles. The molecule has 2 aromatic heterocycles. The third kappa shape index (κ3) is 3.67. The van der Waals surface area contributed by atoms with Gasteiger partial charge in [0.2, 0.25) is 11.9 Å². The van der Waals surface area contributed by atoms with Gasteiger partial charge in [-0.15, -0.1) is 11.8 Å². The first-order valence-electron chi connectivity index (χ1n) is 7.66. The van der Waals surface area contributed by atoms with Crippen LogP contribution in [-0.2, 0) is 4.79 Å². The number of aromatic nitrogens is 2. The van der Waals surface area contributed by atoms with Crippen LogP contribution in [-0.4, -0.2) is 52.2 Å². The number of aryl methyl sites for hydroxylation is 1. The van der Waals surface area contributed by atoms with E-state index in [2.05, 4.69) is 14.9 Å². The van der Waals surface area contributed by atoms with E-state index in [0.29, 0.717) is 13.1 Å². The van der Waals surface area contributed by atoms with Gasteiger partial charge in [-0.3, -0.25) is 4.79 Å². The van der Waals surface area contributed by atoms with Crippen LogP contribution in [0.1, 0.15) is 12.7 Å². The lowest BCUT2D eigenvalue weighted by molar-refractivity contribution is -0.130. The van der Waals surface area contributed by atoms with Gasteiger partial charge in [-0.25, -0.2) is 9.97 Å². The van der Waals surface area contributed by atoms with Gasteiger partial charge in [0.25, 0.3) is 0 Å². The molecular formula is C16H20N4O2S. The predicted octanol–water partition coefficient (Wildman–Crippen LogP) is 2.21. The van der Waals surface area contributed by atoms with Crippen molar-refractivity contribution in [3.05, 3.63) is 36.5 Å². The van der Waals surface area contributed by atoms with Crippen molar-refractivity contribution < 1.29 is 9.21 Å². The van der Waals surface area contributed by atoms with E-state index in [4.69, 9.17) is 4.42 Å². The Bertz CT molecular complexity index is 653. The molecule has 1 fully saturated rings. The Kier molecular flexibility index (Phi) is 4.85. The maximum Gasteiger partial charge on any atom is 0.235 e. The van der Waals surface area contributed by atoms with Gasteiger partial charge < -0.3 is 14.2 Å². The first-order valence-corrected chi connectivity index (χ1v) is 8.54. The van der Waals surface area contributed by atoms with Crippen molar-refractivity contribution in [3.63, 3.8) is 0 Å². The van der Waals surface area contributed by atoms with Crippen molar-refractivity contribution in [2.24, 2.45) is 0 Å². The number of rotatable bonds is 4. The fourth-order valence-electron chi connectivity index (χ4n) is 2.57. The normalized spacial score (nSPS) is 16.4. The molecule has 0 saturated carbocycles. The summed E-state index contributed by atoms with van der Waals surface area (Å²) in [7, 11) is 0. The molecule has 1 amide bonds. The van der Waals surface area contributed by atoms with Gasteiger partial charge >= 0.3 is 0 Å². The number of piperazine rings is 1. The smallest absolute Gasteiger partial charge is 0.235 e. The molecule has 7 heteroatoms. The molecule has 0 spiro atoms. The minimum Gasteiger partial charge on any atom is -0.468 e. The van der Waals surface area contributed by atoms with Gasteiger partial charge in [0, 0.05) is 43.5 Å². The maximum absolute atomic E-state index is 12.6. The van der Waals surface area contributed by atoms with Crippen molar-refractivity contribution in [1.82, 2.24) is 14.9 Å². The molecule has 1 aliphatic heterocycles. The molecule has 0 N–H and O–H groups in total. The topological polar surface area (TPSA) is 62.5 Å². The summed E-state index contributed by atoms with van der Waals surface area (Å²) in [5, 5.41) is -0.120. The van der Waals surface area contributed by atoms with E-state index in [1.165, 1.54) is 0 Å². The van der Waals surface area contributed by atoms with Crippen LogP contribution in [0.5, 0.6) is 0 Å². The molecule has 0 radical (unpaired) electrons. The second-order valence-corrected chi connectivity index (χ2v) is 6.84. The standard InChI is InChI=1S/C16H20N4O2S/c1-12-14(4-11-22-12)23-13(2)15(21)19-7-9-20(10-8-19)16-17-5-3-6-18-16/h3-6,11,13H,7-10H2,1-2H3/t13-/m1/s1. The number of hydrogen-bond acceptors (Lipinski definition) is 6. The summed E-state index contributed by atoms with van der Waals surface area (Å²) in [5.74, 6) is 1.76. The molecule has 1 aliphatic rings. The Morgan fingerprint density at radius 3 is 2.57 bits per heavy atom. The molecular weight excluding hydrogens is 312 g/mol. The maximum atomic E-state index is 12.6. The highest BCUT2D eigenvalue weighted by Crippen LogP contribution is 2.28. The summed E-state index contributed by atoms with van der Waals surface area (Å²) in [6, 6.07) is 3.72. The van der Waals surface area contributed by atoms with Crippen LogP contribution in [0, 0.1) is 6.92 Å². The lowest BCUT2D eigenvalue weighted by atomic mass is 10.3. The second-order valence-electron chi connectivity index (χ2n) is 5.46. The Hall–Kier alpha value is -2.02. The molecule has 0 unspecified atom stereocenters. The van der Waals surface area contributed by atoms with Crippen LogP contribution in [0.15, 0.2) is 40.1 Å².